The predicted octanol–water partition coefficient (Wildman–Crippen LogP) is 4.51. The lowest BCUT2D eigenvalue weighted by Gasteiger charge is -2.23. The van der Waals surface area contributed by atoms with Crippen molar-refractivity contribution in [3.8, 4) is 0 Å². The number of rotatable bonds is 4. The molecule has 0 saturated heterocycles. The molecule has 27 heavy (non-hydrogen) atoms. The van der Waals surface area contributed by atoms with Gasteiger partial charge in [-0.1, -0.05) is 85.1 Å². The van der Waals surface area contributed by atoms with Crippen molar-refractivity contribution < 1.29 is 9.68 Å². The van der Waals surface area contributed by atoms with E-state index in [1.165, 1.54) is 10.1 Å². The van der Waals surface area contributed by atoms with Gasteiger partial charge in [-0.05, 0) is 24.4 Å². The fourth-order valence-corrected chi connectivity index (χ4v) is 3.02. The summed E-state index contributed by atoms with van der Waals surface area (Å²) in [6, 6.07) is 19.1. The van der Waals surface area contributed by atoms with Crippen molar-refractivity contribution in [2.75, 3.05) is 14.1 Å². The van der Waals surface area contributed by atoms with Gasteiger partial charge < -0.3 is 9.68 Å². The first-order valence-electron chi connectivity index (χ1n) is 7.96. The average molecular weight is 435 g/mol. The SMILES string of the molecule is CN(OC(=S)CC(=S)ON(C)C(=S)c1ccccc1)C(=S)c1ccccc1. The van der Waals surface area contributed by atoms with Crippen LogP contribution >= 0.6 is 48.9 Å². The lowest BCUT2D eigenvalue weighted by Crippen LogP contribution is -2.32. The molecule has 4 nitrogen and oxygen atoms in total. The number of nitrogens with zero attached hydrogens (tertiary/aromatic N) is 2. The van der Waals surface area contributed by atoms with E-state index in [0.717, 1.165) is 11.1 Å². The maximum absolute atomic E-state index is 5.57. The van der Waals surface area contributed by atoms with Gasteiger partial charge in [-0.15, -0.1) is 0 Å². The second-order valence-corrected chi connectivity index (χ2v) is 7.12. The Balaban J connectivity index is 1.83. The Labute approximate surface area is 180 Å². The van der Waals surface area contributed by atoms with Crippen LogP contribution < -0.4 is 0 Å². The van der Waals surface area contributed by atoms with Gasteiger partial charge in [-0.2, -0.15) is 0 Å². The topological polar surface area (TPSA) is 24.9 Å². The van der Waals surface area contributed by atoms with Gasteiger partial charge in [0.1, 0.15) is 9.98 Å². The van der Waals surface area contributed by atoms with E-state index in [4.69, 9.17) is 58.5 Å². The number of hydrogen-bond donors (Lipinski definition) is 0. The van der Waals surface area contributed by atoms with E-state index in [1.54, 1.807) is 14.1 Å². The summed E-state index contributed by atoms with van der Waals surface area (Å²) in [5.74, 6) is 0. The van der Waals surface area contributed by atoms with Crippen LogP contribution in [-0.2, 0) is 9.68 Å². The van der Waals surface area contributed by atoms with Crippen molar-refractivity contribution in [1.82, 2.24) is 10.1 Å². The molecule has 0 N–H and O–H groups in total. The minimum absolute atomic E-state index is 0.161. The third kappa shape index (κ3) is 6.59. The Kier molecular flexibility index (Phi) is 8.18. The summed E-state index contributed by atoms with van der Waals surface area (Å²) in [4.78, 5) is 12.2. The maximum atomic E-state index is 5.57. The standard InChI is InChI=1S/C19H18N2O2S4/c1-20(18(26)14-9-5-3-6-10-14)22-16(24)13-17(25)23-21(2)19(27)15-11-7-4-8-12-15/h3-12H,13H2,1-2H3. The molecule has 0 heterocycles. The van der Waals surface area contributed by atoms with Gasteiger partial charge in [0.25, 0.3) is 0 Å². The van der Waals surface area contributed by atoms with Gasteiger partial charge in [0.15, 0.2) is 0 Å². The second-order valence-electron chi connectivity index (χ2n) is 5.44. The Hall–Kier alpha value is -2.00. The summed E-state index contributed by atoms with van der Waals surface area (Å²) in [7, 11) is 3.39. The second kappa shape index (κ2) is 10.4. The van der Waals surface area contributed by atoms with Gasteiger partial charge in [-0.3, -0.25) is 0 Å². The number of thiocarbonyl (C=S) groups is 4. The van der Waals surface area contributed by atoms with E-state index < -0.39 is 0 Å². The Morgan fingerprint density at radius 1 is 0.667 bits per heavy atom. The van der Waals surface area contributed by atoms with Crippen LogP contribution in [0.25, 0.3) is 0 Å². The van der Waals surface area contributed by atoms with E-state index in [2.05, 4.69) is 0 Å². The van der Waals surface area contributed by atoms with E-state index in [-0.39, 0.29) is 16.5 Å². The molecule has 0 atom stereocenters. The normalized spacial score (nSPS) is 9.85. The molecule has 0 saturated carbocycles. The molecular weight excluding hydrogens is 416 g/mol. The van der Waals surface area contributed by atoms with Crippen LogP contribution in [0.15, 0.2) is 60.7 Å². The molecule has 0 aromatic heterocycles. The van der Waals surface area contributed by atoms with E-state index in [1.807, 2.05) is 60.7 Å². The highest BCUT2D eigenvalue weighted by Crippen LogP contribution is 2.09. The lowest BCUT2D eigenvalue weighted by molar-refractivity contribution is 0.0276. The summed E-state index contributed by atoms with van der Waals surface area (Å²) in [5.41, 5.74) is 1.73. The largest absolute Gasteiger partial charge is 0.371 e. The van der Waals surface area contributed by atoms with E-state index in [9.17, 15) is 0 Å². The minimum Gasteiger partial charge on any atom is -0.371 e. The van der Waals surface area contributed by atoms with Gasteiger partial charge in [0.2, 0.25) is 10.1 Å². The number of benzene rings is 2. The molecule has 0 aliphatic carbocycles. The first kappa shape index (κ1) is 21.3. The van der Waals surface area contributed by atoms with Crippen LogP contribution in [0.4, 0.5) is 0 Å². The summed E-state index contributed by atoms with van der Waals surface area (Å²) >= 11 is 21.3. The molecule has 0 amide bonds. The van der Waals surface area contributed by atoms with Crippen LogP contribution in [0.2, 0.25) is 0 Å². The third-order valence-corrected chi connectivity index (χ3v) is 4.80. The zero-order chi connectivity index (χ0) is 19.8. The lowest BCUT2D eigenvalue weighted by atomic mass is 10.2. The Bertz CT molecular complexity index is 759. The smallest absolute Gasteiger partial charge is 0.203 e. The molecule has 2 rings (SSSR count). The molecule has 8 heteroatoms. The molecular formula is C19H18N2O2S4. The molecule has 0 aliphatic rings. The van der Waals surface area contributed by atoms with Crippen LogP contribution in [0.1, 0.15) is 17.5 Å². The average Bonchev–Trinajstić information content (AvgIpc) is 2.67. The van der Waals surface area contributed by atoms with Crippen LogP contribution in [-0.4, -0.2) is 44.3 Å². The molecule has 0 bridgehead atoms. The molecule has 0 aliphatic heterocycles. The monoisotopic (exact) mass is 434 g/mol. The summed E-state index contributed by atoms with van der Waals surface area (Å²) in [6.45, 7) is 0. The highest BCUT2D eigenvalue weighted by Gasteiger charge is 2.15. The zero-order valence-corrected chi connectivity index (χ0v) is 18.1. The van der Waals surface area contributed by atoms with E-state index in [0.29, 0.717) is 9.98 Å². The van der Waals surface area contributed by atoms with Crippen molar-refractivity contribution in [1.29, 1.82) is 0 Å². The molecule has 2 aromatic rings. The quantitative estimate of drug-likeness (QED) is 0.512. The van der Waals surface area contributed by atoms with Gasteiger partial charge >= 0.3 is 0 Å². The minimum atomic E-state index is 0.161. The molecule has 2 aromatic carbocycles. The number of hydroxylamine groups is 4. The molecule has 140 valence electrons. The van der Waals surface area contributed by atoms with Crippen molar-refractivity contribution in [3.63, 3.8) is 0 Å². The molecule has 0 spiro atoms. The first-order chi connectivity index (χ1) is 12.9. The van der Waals surface area contributed by atoms with Gasteiger partial charge in [0.05, 0.1) is 6.42 Å². The van der Waals surface area contributed by atoms with Crippen molar-refractivity contribution >= 4 is 68.9 Å². The summed E-state index contributed by atoms with van der Waals surface area (Å²) in [6.07, 6.45) is 0.161. The summed E-state index contributed by atoms with van der Waals surface area (Å²) in [5, 5.41) is 3.38. The molecule has 0 fully saturated rings. The molecule has 0 unspecified atom stereocenters. The fraction of sp³-hybridized carbons (Fsp3) is 0.158. The van der Waals surface area contributed by atoms with Crippen LogP contribution in [0.3, 0.4) is 0 Å². The van der Waals surface area contributed by atoms with Crippen LogP contribution in [0.5, 0.6) is 0 Å². The zero-order valence-electron chi connectivity index (χ0n) is 14.8. The van der Waals surface area contributed by atoms with Crippen molar-refractivity contribution in [3.05, 3.63) is 71.8 Å². The van der Waals surface area contributed by atoms with Crippen molar-refractivity contribution in [2.24, 2.45) is 0 Å². The molecule has 0 radical (unpaired) electrons. The Morgan fingerprint density at radius 3 is 1.33 bits per heavy atom. The van der Waals surface area contributed by atoms with E-state index >= 15 is 0 Å². The highest BCUT2D eigenvalue weighted by atomic mass is 32.1. The fourth-order valence-electron chi connectivity index (χ4n) is 2.10. The predicted molar refractivity (Wildman–Crippen MR) is 124 cm³/mol. The van der Waals surface area contributed by atoms with Crippen molar-refractivity contribution in [2.45, 2.75) is 6.42 Å². The third-order valence-electron chi connectivity index (χ3n) is 3.38. The van der Waals surface area contributed by atoms with Crippen LogP contribution in [0, 0.1) is 0 Å². The highest BCUT2D eigenvalue weighted by molar-refractivity contribution is 7.82. The Morgan fingerprint density at radius 2 is 1.00 bits per heavy atom. The first-order valence-corrected chi connectivity index (χ1v) is 9.59. The van der Waals surface area contributed by atoms with Gasteiger partial charge in [-0.25, -0.2) is 10.1 Å². The van der Waals surface area contributed by atoms with Gasteiger partial charge in [0, 0.05) is 25.2 Å². The number of hydrogen-bond acceptors (Lipinski definition) is 6. The maximum Gasteiger partial charge on any atom is 0.203 e. The summed E-state index contributed by atoms with van der Waals surface area (Å²) < 4.78 is 0.